The maximum Gasteiger partial charge on any atom is 0.188 e. The fourth-order valence-electron chi connectivity index (χ4n) is 1.14. The minimum absolute atomic E-state index is 0. The lowest BCUT2D eigenvalue weighted by Gasteiger charge is -2.03. The summed E-state index contributed by atoms with van der Waals surface area (Å²) in [7, 11) is 1.68. The zero-order valence-electron chi connectivity index (χ0n) is 10.2. The Hall–Kier alpha value is -0.970. The Morgan fingerprint density at radius 1 is 1.12 bits per heavy atom. The van der Waals surface area contributed by atoms with Crippen molar-refractivity contribution in [3.8, 4) is 0 Å². The molecule has 0 aliphatic carbocycles. The van der Waals surface area contributed by atoms with Gasteiger partial charge in [0.05, 0.1) is 5.84 Å². The van der Waals surface area contributed by atoms with Crippen LogP contribution < -0.4 is 16.8 Å². The predicted molar refractivity (Wildman–Crippen MR) is 73.4 cm³/mol. The van der Waals surface area contributed by atoms with Crippen molar-refractivity contribution in [1.82, 2.24) is 5.32 Å². The Morgan fingerprint density at radius 3 is 2.31 bits per heavy atom. The smallest absolute Gasteiger partial charge is 0.188 e. The van der Waals surface area contributed by atoms with E-state index in [9.17, 15) is 0 Å². The Labute approximate surface area is 104 Å². The van der Waals surface area contributed by atoms with E-state index in [1.807, 2.05) is 6.92 Å². The molecule has 6 heteroatoms. The van der Waals surface area contributed by atoms with E-state index >= 15 is 0 Å². The van der Waals surface area contributed by atoms with Crippen LogP contribution in [0.5, 0.6) is 0 Å². The maximum absolute atomic E-state index is 5.48. The standard InChI is InChI=1S/C10H23N5.ClH/c1-9(11)14-7-5-3-4-6-8-15-10(12)13-2;/h3-8H2,1-2H3,(H2,11,14)(H3,12,13,15);1H. The first-order valence-corrected chi connectivity index (χ1v) is 5.39. The molecule has 0 atom stereocenters. The van der Waals surface area contributed by atoms with Crippen LogP contribution in [0, 0.1) is 0 Å². The minimum Gasteiger partial charge on any atom is -0.388 e. The molecule has 0 aromatic carbocycles. The second-order valence-electron chi connectivity index (χ2n) is 3.47. The molecule has 0 saturated carbocycles. The fourth-order valence-corrected chi connectivity index (χ4v) is 1.14. The van der Waals surface area contributed by atoms with Crippen molar-refractivity contribution in [2.45, 2.75) is 32.6 Å². The van der Waals surface area contributed by atoms with Crippen LogP contribution in [0.2, 0.25) is 0 Å². The van der Waals surface area contributed by atoms with E-state index in [4.69, 9.17) is 11.5 Å². The Balaban J connectivity index is 0. The molecule has 0 aliphatic rings. The van der Waals surface area contributed by atoms with E-state index in [-0.39, 0.29) is 12.4 Å². The maximum atomic E-state index is 5.48. The number of guanidine groups is 1. The molecular formula is C10H24ClN5. The normalized spacial score (nSPS) is 12.1. The Kier molecular flexibility index (Phi) is 13.2. The highest BCUT2D eigenvalue weighted by molar-refractivity contribution is 5.85. The zero-order valence-corrected chi connectivity index (χ0v) is 11.0. The van der Waals surface area contributed by atoms with Crippen LogP contribution in [-0.2, 0) is 0 Å². The molecule has 16 heavy (non-hydrogen) atoms. The summed E-state index contributed by atoms with van der Waals surface area (Å²) in [6.45, 7) is 3.55. The first kappa shape index (κ1) is 17.4. The molecule has 0 fully saturated rings. The summed E-state index contributed by atoms with van der Waals surface area (Å²) in [5.74, 6) is 1.18. The second-order valence-corrected chi connectivity index (χ2v) is 3.47. The lowest BCUT2D eigenvalue weighted by molar-refractivity contribution is 0.636. The van der Waals surface area contributed by atoms with Crippen molar-refractivity contribution in [3.05, 3.63) is 0 Å². The summed E-state index contributed by atoms with van der Waals surface area (Å²) in [4.78, 5) is 7.93. The second kappa shape index (κ2) is 12.1. The van der Waals surface area contributed by atoms with Crippen molar-refractivity contribution in [2.75, 3.05) is 20.1 Å². The average Bonchev–Trinajstić information content (AvgIpc) is 2.21. The SMILES string of the molecule is CN=C(N)NCCCCCCN=C(C)N.Cl. The molecule has 0 unspecified atom stereocenters. The van der Waals surface area contributed by atoms with Gasteiger partial charge in [-0.25, -0.2) is 0 Å². The molecule has 5 N–H and O–H groups in total. The summed E-state index contributed by atoms with van der Waals surface area (Å²) >= 11 is 0. The third-order valence-corrected chi connectivity index (χ3v) is 1.99. The topological polar surface area (TPSA) is 88.8 Å². The average molecular weight is 250 g/mol. The highest BCUT2D eigenvalue weighted by atomic mass is 35.5. The van der Waals surface area contributed by atoms with Gasteiger partial charge in [0.1, 0.15) is 0 Å². The van der Waals surface area contributed by atoms with Crippen LogP contribution in [0.1, 0.15) is 32.6 Å². The summed E-state index contributed by atoms with van der Waals surface area (Å²) in [5.41, 5.74) is 10.9. The van der Waals surface area contributed by atoms with Crippen molar-refractivity contribution in [2.24, 2.45) is 21.5 Å². The quantitative estimate of drug-likeness (QED) is 0.356. The van der Waals surface area contributed by atoms with Gasteiger partial charge in [0.2, 0.25) is 0 Å². The minimum atomic E-state index is 0. The van der Waals surface area contributed by atoms with Crippen molar-refractivity contribution in [3.63, 3.8) is 0 Å². The number of nitrogens with zero attached hydrogens (tertiary/aromatic N) is 2. The monoisotopic (exact) mass is 249 g/mol. The molecule has 0 aromatic heterocycles. The van der Waals surface area contributed by atoms with Gasteiger partial charge in [-0.15, -0.1) is 12.4 Å². The number of aliphatic imine (C=N–C) groups is 2. The number of hydrogen-bond acceptors (Lipinski definition) is 2. The van der Waals surface area contributed by atoms with Gasteiger partial charge in [-0.2, -0.15) is 0 Å². The highest BCUT2D eigenvalue weighted by Gasteiger charge is 1.91. The van der Waals surface area contributed by atoms with Gasteiger partial charge in [-0.1, -0.05) is 12.8 Å². The Morgan fingerprint density at radius 2 is 1.75 bits per heavy atom. The highest BCUT2D eigenvalue weighted by Crippen LogP contribution is 1.98. The molecule has 5 nitrogen and oxygen atoms in total. The molecule has 96 valence electrons. The van der Waals surface area contributed by atoms with Gasteiger partial charge in [0.25, 0.3) is 0 Å². The van der Waals surface area contributed by atoms with E-state index in [1.54, 1.807) is 7.05 Å². The third kappa shape index (κ3) is 13.0. The van der Waals surface area contributed by atoms with Crippen LogP contribution in [0.15, 0.2) is 9.98 Å². The predicted octanol–water partition coefficient (Wildman–Crippen LogP) is 0.880. The summed E-state index contributed by atoms with van der Waals surface area (Å²) in [6, 6.07) is 0. The lowest BCUT2D eigenvalue weighted by Crippen LogP contribution is -2.31. The molecule has 0 rings (SSSR count). The summed E-state index contributed by atoms with van der Waals surface area (Å²) < 4.78 is 0. The van der Waals surface area contributed by atoms with Gasteiger partial charge in [0.15, 0.2) is 5.96 Å². The summed E-state index contributed by atoms with van der Waals surface area (Å²) in [6.07, 6.45) is 4.58. The summed E-state index contributed by atoms with van der Waals surface area (Å²) in [5, 5.41) is 3.02. The van der Waals surface area contributed by atoms with E-state index in [1.165, 1.54) is 12.8 Å². The number of rotatable bonds is 7. The fraction of sp³-hybridized carbons (Fsp3) is 0.800. The first-order valence-electron chi connectivity index (χ1n) is 5.39. The van der Waals surface area contributed by atoms with Gasteiger partial charge in [-0.05, 0) is 19.8 Å². The first-order chi connectivity index (χ1) is 7.16. The number of nitrogens with one attached hydrogen (secondary N) is 1. The van der Waals surface area contributed by atoms with E-state index in [2.05, 4.69) is 15.3 Å². The molecule has 0 aromatic rings. The zero-order chi connectivity index (χ0) is 11.5. The molecular weight excluding hydrogens is 226 g/mol. The number of hydrogen-bond donors (Lipinski definition) is 3. The van der Waals surface area contributed by atoms with Gasteiger partial charge in [0, 0.05) is 20.1 Å². The van der Waals surface area contributed by atoms with Crippen LogP contribution in [0.25, 0.3) is 0 Å². The van der Waals surface area contributed by atoms with Crippen LogP contribution >= 0.6 is 12.4 Å². The number of amidine groups is 1. The van der Waals surface area contributed by atoms with Crippen LogP contribution in [0.3, 0.4) is 0 Å². The molecule has 0 radical (unpaired) electrons. The molecule has 0 heterocycles. The molecule has 0 saturated heterocycles. The third-order valence-electron chi connectivity index (χ3n) is 1.99. The Bertz CT molecular complexity index is 211. The van der Waals surface area contributed by atoms with Crippen LogP contribution in [0.4, 0.5) is 0 Å². The largest absolute Gasteiger partial charge is 0.388 e. The molecule has 0 aliphatic heterocycles. The number of unbranched alkanes of at least 4 members (excludes halogenated alkanes) is 3. The van der Waals surface area contributed by atoms with E-state index in [0.717, 1.165) is 25.9 Å². The van der Waals surface area contributed by atoms with Gasteiger partial charge < -0.3 is 16.8 Å². The molecule has 0 spiro atoms. The lowest BCUT2D eigenvalue weighted by atomic mass is 10.2. The van der Waals surface area contributed by atoms with E-state index < -0.39 is 0 Å². The molecule has 0 bridgehead atoms. The van der Waals surface area contributed by atoms with Crippen molar-refractivity contribution >= 4 is 24.2 Å². The number of halogens is 1. The van der Waals surface area contributed by atoms with Gasteiger partial charge >= 0.3 is 0 Å². The van der Waals surface area contributed by atoms with Crippen molar-refractivity contribution < 1.29 is 0 Å². The van der Waals surface area contributed by atoms with E-state index in [0.29, 0.717) is 11.8 Å². The van der Waals surface area contributed by atoms with Gasteiger partial charge in [-0.3, -0.25) is 9.98 Å². The van der Waals surface area contributed by atoms with Crippen LogP contribution in [-0.4, -0.2) is 31.9 Å². The van der Waals surface area contributed by atoms with Crippen molar-refractivity contribution in [1.29, 1.82) is 0 Å². The number of nitrogens with two attached hydrogens (primary N) is 2. The molecule has 0 amide bonds.